The second kappa shape index (κ2) is 4.35. The molecule has 1 aliphatic carbocycles. The summed E-state index contributed by atoms with van der Waals surface area (Å²) in [5.41, 5.74) is 10.5. The summed E-state index contributed by atoms with van der Waals surface area (Å²) in [7, 11) is 0. The van der Waals surface area contributed by atoms with Crippen molar-refractivity contribution >= 4 is 12.4 Å². The minimum absolute atomic E-state index is 0.0220. The fourth-order valence-corrected chi connectivity index (χ4v) is 2.00. The summed E-state index contributed by atoms with van der Waals surface area (Å²) in [5, 5.41) is 5.77. The maximum Gasteiger partial charge on any atom is 0.404 e. The summed E-state index contributed by atoms with van der Waals surface area (Å²) in [6.07, 6.45) is 4.63. The molecule has 0 saturated heterocycles. The highest BCUT2D eigenvalue weighted by Gasteiger charge is 2.27. The SMILES string of the molecule is NC(=O)O[C@H]1CC[C@H](N2C=NNN2)CC1. The predicted molar refractivity (Wildman–Crippen MR) is 53.3 cm³/mol. The Hall–Kier alpha value is -1.50. The molecule has 0 aromatic carbocycles. The summed E-state index contributed by atoms with van der Waals surface area (Å²) in [4.78, 5) is 10.6. The molecule has 2 aliphatic rings. The molecule has 1 fully saturated rings. The van der Waals surface area contributed by atoms with Crippen LogP contribution < -0.4 is 16.8 Å². The summed E-state index contributed by atoms with van der Waals surface area (Å²) in [6, 6.07) is 0.400. The predicted octanol–water partition coefficient (Wildman–Crippen LogP) is -0.339. The molecule has 0 spiro atoms. The van der Waals surface area contributed by atoms with Crippen LogP contribution in [0, 0.1) is 0 Å². The molecule has 7 heteroatoms. The zero-order valence-corrected chi connectivity index (χ0v) is 8.35. The minimum atomic E-state index is -0.680. The Morgan fingerprint density at radius 3 is 2.73 bits per heavy atom. The first-order valence-corrected chi connectivity index (χ1v) is 5.04. The van der Waals surface area contributed by atoms with Crippen LogP contribution in [0.1, 0.15) is 25.7 Å². The van der Waals surface area contributed by atoms with Gasteiger partial charge in [0.2, 0.25) is 0 Å². The molecule has 1 saturated carbocycles. The molecular weight excluding hydrogens is 198 g/mol. The van der Waals surface area contributed by atoms with Gasteiger partial charge in [-0.15, -0.1) is 5.53 Å². The molecule has 0 aromatic heterocycles. The van der Waals surface area contributed by atoms with E-state index in [9.17, 15) is 4.79 Å². The number of carbonyl (C=O) groups is 1. The van der Waals surface area contributed by atoms with Crippen LogP contribution in [0.15, 0.2) is 5.10 Å². The molecule has 2 rings (SSSR count). The Bertz CT molecular complexity index is 262. The zero-order valence-electron chi connectivity index (χ0n) is 8.35. The molecule has 0 unspecified atom stereocenters. The van der Waals surface area contributed by atoms with Gasteiger partial charge in [0.05, 0.1) is 0 Å². The Morgan fingerprint density at radius 2 is 2.20 bits per heavy atom. The maximum absolute atomic E-state index is 10.6. The highest BCUT2D eigenvalue weighted by atomic mass is 16.6. The first-order chi connectivity index (χ1) is 7.25. The Kier molecular flexibility index (Phi) is 2.91. The van der Waals surface area contributed by atoms with Crippen LogP contribution in [-0.4, -0.2) is 29.6 Å². The molecule has 1 heterocycles. The summed E-state index contributed by atoms with van der Waals surface area (Å²) < 4.78 is 4.95. The molecule has 1 amide bonds. The van der Waals surface area contributed by atoms with Gasteiger partial charge >= 0.3 is 6.09 Å². The number of ether oxygens (including phenoxy) is 1. The van der Waals surface area contributed by atoms with E-state index in [4.69, 9.17) is 10.5 Å². The summed E-state index contributed by atoms with van der Waals surface area (Å²) in [6.45, 7) is 0. The lowest BCUT2D eigenvalue weighted by molar-refractivity contribution is 0.0586. The molecule has 1 aliphatic heterocycles. The van der Waals surface area contributed by atoms with Crippen molar-refractivity contribution in [1.29, 1.82) is 0 Å². The number of hydrogen-bond donors (Lipinski definition) is 3. The Balaban J connectivity index is 1.76. The van der Waals surface area contributed by atoms with Crippen molar-refractivity contribution in [3.63, 3.8) is 0 Å². The molecule has 7 nitrogen and oxygen atoms in total. The van der Waals surface area contributed by atoms with Gasteiger partial charge < -0.3 is 10.5 Å². The van der Waals surface area contributed by atoms with Gasteiger partial charge in [0, 0.05) is 6.04 Å². The third-order valence-corrected chi connectivity index (χ3v) is 2.75. The number of primary amides is 1. The van der Waals surface area contributed by atoms with Crippen molar-refractivity contribution in [2.24, 2.45) is 10.8 Å². The van der Waals surface area contributed by atoms with Crippen LogP contribution in [0.4, 0.5) is 4.79 Å². The maximum atomic E-state index is 10.6. The molecular formula is C8H15N5O2. The monoisotopic (exact) mass is 213 g/mol. The van der Waals surface area contributed by atoms with E-state index in [0.29, 0.717) is 6.04 Å². The normalized spacial score (nSPS) is 30.0. The van der Waals surface area contributed by atoms with Gasteiger partial charge in [-0.25, -0.2) is 10.3 Å². The third kappa shape index (κ3) is 2.50. The number of rotatable bonds is 2. The van der Waals surface area contributed by atoms with E-state index >= 15 is 0 Å². The van der Waals surface area contributed by atoms with E-state index in [1.165, 1.54) is 0 Å². The highest BCUT2D eigenvalue weighted by molar-refractivity contribution is 5.64. The quantitative estimate of drug-likeness (QED) is 0.583. The minimum Gasteiger partial charge on any atom is -0.446 e. The Morgan fingerprint density at radius 1 is 1.47 bits per heavy atom. The average molecular weight is 213 g/mol. The van der Waals surface area contributed by atoms with Gasteiger partial charge in [-0.05, 0) is 25.7 Å². The van der Waals surface area contributed by atoms with E-state index in [-0.39, 0.29) is 6.10 Å². The number of hydrazone groups is 1. The number of hydrogen-bond acceptors (Lipinski definition) is 6. The highest BCUT2D eigenvalue weighted by Crippen LogP contribution is 2.23. The number of carbonyl (C=O) groups excluding carboxylic acids is 1. The Labute approximate surface area is 87.6 Å². The number of nitrogens with one attached hydrogen (secondary N) is 2. The number of nitrogens with zero attached hydrogens (tertiary/aromatic N) is 2. The van der Waals surface area contributed by atoms with Crippen molar-refractivity contribution in [1.82, 2.24) is 16.1 Å². The lowest BCUT2D eigenvalue weighted by Gasteiger charge is -2.32. The van der Waals surface area contributed by atoms with E-state index in [1.54, 1.807) is 6.34 Å². The van der Waals surface area contributed by atoms with Crippen LogP contribution >= 0.6 is 0 Å². The second-order valence-electron chi connectivity index (χ2n) is 3.74. The van der Waals surface area contributed by atoms with Crippen LogP contribution in [0.25, 0.3) is 0 Å². The van der Waals surface area contributed by atoms with E-state index in [2.05, 4.69) is 16.2 Å². The lowest BCUT2D eigenvalue weighted by Crippen LogP contribution is -2.46. The second-order valence-corrected chi connectivity index (χ2v) is 3.74. The van der Waals surface area contributed by atoms with E-state index < -0.39 is 6.09 Å². The smallest absolute Gasteiger partial charge is 0.404 e. The molecule has 0 bridgehead atoms. The third-order valence-electron chi connectivity index (χ3n) is 2.75. The van der Waals surface area contributed by atoms with Crippen molar-refractivity contribution in [2.45, 2.75) is 37.8 Å². The van der Waals surface area contributed by atoms with Gasteiger partial charge in [0.1, 0.15) is 12.4 Å². The van der Waals surface area contributed by atoms with Crippen molar-refractivity contribution in [3.05, 3.63) is 0 Å². The van der Waals surface area contributed by atoms with Gasteiger partial charge in [-0.3, -0.25) is 5.01 Å². The topological polar surface area (TPSA) is 92.0 Å². The molecule has 4 N–H and O–H groups in total. The van der Waals surface area contributed by atoms with Crippen LogP contribution in [0.5, 0.6) is 0 Å². The molecule has 0 aromatic rings. The molecule has 15 heavy (non-hydrogen) atoms. The van der Waals surface area contributed by atoms with Gasteiger partial charge in [-0.1, -0.05) is 0 Å². The standard InChI is InChI=1S/C8H15N5O2/c9-8(14)15-7-3-1-6(2-4-7)13-5-10-11-12-13/h5-7,11-12H,1-4H2,(H2,9,14)/t6-,7-. The summed E-state index contributed by atoms with van der Waals surface area (Å²) in [5.74, 6) is 0. The summed E-state index contributed by atoms with van der Waals surface area (Å²) >= 11 is 0. The fourth-order valence-electron chi connectivity index (χ4n) is 2.00. The first kappa shape index (κ1) is 10.0. The van der Waals surface area contributed by atoms with Gasteiger partial charge in [0.15, 0.2) is 0 Å². The van der Waals surface area contributed by atoms with Gasteiger partial charge in [0.25, 0.3) is 0 Å². The van der Waals surface area contributed by atoms with Crippen LogP contribution in [0.2, 0.25) is 0 Å². The number of amides is 1. The van der Waals surface area contributed by atoms with Crippen molar-refractivity contribution in [2.75, 3.05) is 0 Å². The zero-order chi connectivity index (χ0) is 10.7. The first-order valence-electron chi connectivity index (χ1n) is 5.04. The van der Waals surface area contributed by atoms with Crippen LogP contribution in [-0.2, 0) is 4.74 Å². The van der Waals surface area contributed by atoms with E-state index in [1.807, 2.05) is 5.01 Å². The molecule has 84 valence electrons. The lowest BCUT2D eigenvalue weighted by atomic mass is 9.93. The number of hydrazine groups is 2. The molecule has 0 atom stereocenters. The van der Waals surface area contributed by atoms with Crippen LogP contribution in [0.3, 0.4) is 0 Å². The molecule has 0 radical (unpaired) electrons. The number of nitrogens with two attached hydrogens (primary N) is 1. The van der Waals surface area contributed by atoms with Gasteiger partial charge in [-0.2, -0.15) is 5.10 Å². The average Bonchev–Trinajstić information content (AvgIpc) is 2.71. The largest absolute Gasteiger partial charge is 0.446 e. The van der Waals surface area contributed by atoms with Crippen molar-refractivity contribution in [3.8, 4) is 0 Å². The fraction of sp³-hybridized carbons (Fsp3) is 0.750. The van der Waals surface area contributed by atoms with Crippen molar-refractivity contribution < 1.29 is 9.53 Å². The van der Waals surface area contributed by atoms with E-state index in [0.717, 1.165) is 25.7 Å².